The standard InChI is InChI=1S/C13H18N4O/c1-2-14-7-13-9-17(16-15-13)8-11-3-5-12(10-18)6-4-11/h3-6,9,14,18H,2,7-8,10H2,1H3. The van der Waals surface area contributed by atoms with Crippen LogP contribution >= 0.6 is 0 Å². The van der Waals surface area contributed by atoms with Crippen molar-refractivity contribution >= 4 is 0 Å². The second-order valence-corrected chi connectivity index (χ2v) is 4.16. The molecule has 96 valence electrons. The van der Waals surface area contributed by atoms with Gasteiger partial charge in [-0.15, -0.1) is 5.10 Å². The zero-order valence-corrected chi connectivity index (χ0v) is 10.5. The first-order chi connectivity index (χ1) is 8.81. The van der Waals surface area contributed by atoms with Crippen molar-refractivity contribution in [1.82, 2.24) is 20.3 Å². The van der Waals surface area contributed by atoms with Gasteiger partial charge >= 0.3 is 0 Å². The molecule has 0 radical (unpaired) electrons. The molecule has 1 aromatic heterocycles. The molecule has 18 heavy (non-hydrogen) atoms. The van der Waals surface area contributed by atoms with Crippen LogP contribution in [0.25, 0.3) is 0 Å². The Bertz CT molecular complexity index is 478. The second-order valence-electron chi connectivity index (χ2n) is 4.16. The molecule has 1 heterocycles. The summed E-state index contributed by atoms with van der Waals surface area (Å²) >= 11 is 0. The van der Waals surface area contributed by atoms with E-state index in [1.807, 2.05) is 35.1 Å². The molecule has 2 aromatic rings. The van der Waals surface area contributed by atoms with E-state index < -0.39 is 0 Å². The maximum absolute atomic E-state index is 8.97. The van der Waals surface area contributed by atoms with Gasteiger partial charge in [0, 0.05) is 6.54 Å². The number of nitrogens with zero attached hydrogens (tertiary/aromatic N) is 3. The Balaban J connectivity index is 1.97. The number of nitrogens with one attached hydrogen (secondary N) is 1. The fourth-order valence-electron chi connectivity index (χ4n) is 1.69. The van der Waals surface area contributed by atoms with Crippen LogP contribution in [0.1, 0.15) is 23.7 Å². The highest BCUT2D eigenvalue weighted by molar-refractivity contribution is 5.22. The molecule has 0 aliphatic rings. The summed E-state index contributed by atoms with van der Waals surface area (Å²) in [5, 5.41) is 20.4. The molecule has 0 amide bonds. The highest BCUT2D eigenvalue weighted by Gasteiger charge is 2.01. The number of aliphatic hydroxyl groups is 1. The number of aromatic nitrogens is 3. The number of aliphatic hydroxyl groups excluding tert-OH is 1. The van der Waals surface area contributed by atoms with Crippen molar-refractivity contribution in [1.29, 1.82) is 0 Å². The number of hydrogen-bond donors (Lipinski definition) is 2. The summed E-state index contributed by atoms with van der Waals surface area (Å²) in [6, 6.07) is 7.84. The molecule has 0 spiro atoms. The maximum atomic E-state index is 8.97. The minimum atomic E-state index is 0.0798. The van der Waals surface area contributed by atoms with Gasteiger partial charge in [0.25, 0.3) is 0 Å². The average Bonchev–Trinajstić information content (AvgIpc) is 2.85. The Labute approximate surface area is 106 Å². The lowest BCUT2D eigenvalue weighted by Gasteiger charge is -2.02. The second kappa shape index (κ2) is 6.28. The van der Waals surface area contributed by atoms with E-state index in [9.17, 15) is 0 Å². The summed E-state index contributed by atoms with van der Waals surface area (Å²) in [7, 11) is 0. The van der Waals surface area contributed by atoms with Crippen molar-refractivity contribution in [3.05, 3.63) is 47.3 Å². The summed E-state index contributed by atoms with van der Waals surface area (Å²) in [4.78, 5) is 0. The van der Waals surface area contributed by atoms with E-state index in [1.165, 1.54) is 0 Å². The third kappa shape index (κ3) is 3.38. The van der Waals surface area contributed by atoms with Gasteiger partial charge in [-0.2, -0.15) is 0 Å². The zero-order valence-electron chi connectivity index (χ0n) is 10.5. The molecule has 0 atom stereocenters. The van der Waals surface area contributed by atoms with E-state index in [0.717, 1.165) is 29.9 Å². The van der Waals surface area contributed by atoms with Crippen LogP contribution < -0.4 is 5.32 Å². The smallest absolute Gasteiger partial charge is 0.0964 e. The van der Waals surface area contributed by atoms with Gasteiger partial charge in [0.2, 0.25) is 0 Å². The first-order valence-corrected chi connectivity index (χ1v) is 6.10. The highest BCUT2D eigenvalue weighted by Crippen LogP contribution is 2.06. The Morgan fingerprint density at radius 2 is 1.94 bits per heavy atom. The minimum Gasteiger partial charge on any atom is -0.392 e. The van der Waals surface area contributed by atoms with E-state index in [4.69, 9.17) is 5.11 Å². The average molecular weight is 246 g/mol. The maximum Gasteiger partial charge on any atom is 0.0964 e. The fraction of sp³-hybridized carbons (Fsp3) is 0.385. The molecule has 0 bridgehead atoms. The molecule has 1 aromatic carbocycles. The first kappa shape index (κ1) is 12.7. The van der Waals surface area contributed by atoms with Crippen LogP contribution in [0.4, 0.5) is 0 Å². The Morgan fingerprint density at radius 1 is 1.22 bits per heavy atom. The zero-order chi connectivity index (χ0) is 12.8. The SMILES string of the molecule is CCNCc1cn(Cc2ccc(CO)cc2)nn1. The topological polar surface area (TPSA) is 63.0 Å². The van der Waals surface area contributed by atoms with Crippen molar-refractivity contribution in [2.75, 3.05) is 6.54 Å². The predicted molar refractivity (Wildman–Crippen MR) is 68.9 cm³/mol. The highest BCUT2D eigenvalue weighted by atomic mass is 16.3. The Kier molecular flexibility index (Phi) is 4.44. The van der Waals surface area contributed by atoms with E-state index in [1.54, 1.807) is 0 Å². The molecular weight excluding hydrogens is 228 g/mol. The van der Waals surface area contributed by atoms with Gasteiger partial charge < -0.3 is 10.4 Å². The lowest BCUT2D eigenvalue weighted by Crippen LogP contribution is -2.11. The van der Waals surface area contributed by atoms with Crippen LogP contribution in [0.3, 0.4) is 0 Å². The van der Waals surface area contributed by atoms with E-state index in [-0.39, 0.29) is 6.61 Å². The predicted octanol–water partition coefficient (Wildman–Crippen LogP) is 0.928. The van der Waals surface area contributed by atoms with Crippen molar-refractivity contribution < 1.29 is 5.11 Å². The Hall–Kier alpha value is -1.72. The van der Waals surface area contributed by atoms with Gasteiger partial charge in [0.05, 0.1) is 25.0 Å². The van der Waals surface area contributed by atoms with Crippen molar-refractivity contribution in [3.8, 4) is 0 Å². The summed E-state index contributed by atoms with van der Waals surface area (Å²) in [6.07, 6.45) is 1.95. The van der Waals surface area contributed by atoms with Crippen LogP contribution in [0, 0.1) is 0 Å². The molecule has 0 unspecified atom stereocenters. The summed E-state index contributed by atoms with van der Waals surface area (Å²) in [5.41, 5.74) is 3.01. The summed E-state index contributed by atoms with van der Waals surface area (Å²) in [5.74, 6) is 0. The molecule has 5 nitrogen and oxygen atoms in total. The van der Waals surface area contributed by atoms with Gasteiger partial charge in [0.1, 0.15) is 0 Å². The van der Waals surface area contributed by atoms with Gasteiger partial charge in [-0.25, -0.2) is 4.68 Å². The first-order valence-electron chi connectivity index (χ1n) is 6.10. The number of benzene rings is 1. The van der Waals surface area contributed by atoms with E-state index in [0.29, 0.717) is 6.54 Å². The molecule has 0 aliphatic heterocycles. The fourth-order valence-corrected chi connectivity index (χ4v) is 1.69. The Morgan fingerprint density at radius 3 is 2.61 bits per heavy atom. The molecule has 2 rings (SSSR count). The third-order valence-electron chi connectivity index (χ3n) is 2.69. The molecule has 0 fully saturated rings. The molecular formula is C13H18N4O. The molecule has 0 aliphatic carbocycles. The lowest BCUT2D eigenvalue weighted by molar-refractivity contribution is 0.282. The molecule has 2 N–H and O–H groups in total. The lowest BCUT2D eigenvalue weighted by atomic mass is 10.1. The van der Waals surface area contributed by atoms with Gasteiger partial charge in [-0.3, -0.25) is 0 Å². The van der Waals surface area contributed by atoms with E-state index >= 15 is 0 Å². The van der Waals surface area contributed by atoms with Crippen LogP contribution in [-0.4, -0.2) is 26.6 Å². The number of hydrogen-bond acceptors (Lipinski definition) is 4. The van der Waals surface area contributed by atoms with Crippen LogP contribution in [-0.2, 0) is 19.7 Å². The van der Waals surface area contributed by atoms with E-state index in [2.05, 4.69) is 22.6 Å². The van der Waals surface area contributed by atoms with Gasteiger partial charge in [0.15, 0.2) is 0 Å². The summed E-state index contributed by atoms with van der Waals surface area (Å²) in [6.45, 7) is 4.52. The van der Waals surface area contributed by atoms with Crippen molar-refractivity contribution in [3.63, 3.8) is 0 Å². The third-order valence-corrected chi connectivity index (χ3v) is 2.69. The summed E-state index contributed by atoms with van der Waals surface area (Å²) < 4.78 is 1.82. The van der Waals surface area contributed by atoms with Crippen LogP contribution in [0.15, 0.2) is 30.5 Å². The molecule has 0 saturated heterocycles. The molecule has 5 heteroatoms. The normalized spacial score (nSPS) is 10.8. The van der Waals surface area contributed by atoms with Crippen LogP contribution in [0.5, 0.6) is 0 Å². The van der Waals surface area contributed by atoms with Crippen molar-refractivity contribution in [2.45, 2.75) is 26.6 Å². The number of rotatable bonds is 6. The minimum absolute atomic E-state index is 0.0798. The monoisotopic (exact) mass is 246 g/mol. The molecule has 0 saturated carbocycles. The van der Waals surface area contributed by atoms with Crippen LogP contribution in [0.2, 0.25) is 0 Å². The van der Waals surface area contributed by atoms with Crippen molar-refractivity contribution in [2.24, 2.45) is 0 Å². The largest absolute Gasteiger partial charge is 0.392 e. The van der Waals surface area contributed by atoms with Gasteiger partial charge in [-0.05, 0) is 17.7 Å². The quantitative estimate of drug-likeness (QED) is 0.796. The van der Waals surface area contributed by atoms with Gasteiger partial charge in [-0.1, -0.05) is 36.4 Å².